The van der Waals surface area contributed by atoms with E-state index in [2.05, 4.69) is 0 Å². The molecule has 7 heteroatoms. The number of likely N-dealkylation sites (tertiary alicyclic amines) is 1. The zero-order chi connectivity index (χ0) is 18.4. The summed E-state index contributed by atoms with van der Waals surface area (Å²) in [4.78, 5) is 13.3. The maximum atomic E-state index is 12.4. The number of rotatable bonds is 5. The monoisotopic (exact) mass is 375 g/mol. The van der Waals surface area contributed by atoms with Gasteiger partial charge in [-0.2, -0.15) is 13.2 Å². The third kappa shape index (κ3) is 6.71. The lowest BCUT2D eigenvalue weighted by Crippen LogP contribution is -2.40. The van der Waals surface area contributed by atoms with Crippen molar-refractivity contribution in [1.29, 1.82) is 0 Å². The highest BCUT2D eigenvalue weighted by molar-refractivity contribution is 6.32. The van der Waals surface area contributed by atoms with E-state index in [1.54, 1.807) is 13.0 Å². The standard InChI is InChI=1S/C18H21ClF3NO2/c1-13(15-4-2-3-5-16(15)19)10-17(24)25-11-14-6-8-23(9-7-14)12-18(20,21)22/h2-5,10,14H,6-9,11-12H2,1H3. The average Bonchev–Trinajstić information content (AvgIpc) is 2.53. The van der Waals surface area contributed by atoms with Crippen molar-refractivity contribution in [2.24, 2.45) is 5.92 Å². The molecule has 25 heavy (non-hydrogen) atoms. The van der Waals surface area contributed by atoms with Gasteiger partial charge in [-0.1, -0.05) is 29.8 Å². The fourth-order valence-corrected chi connectivity index (χ4v) is 3.13. The van der Waals surface area contributed by atoms with Crippen molar-refractivity contribution >= 4 is 23.1 Å². The summed E-state index contributed by atoms with van der Waals surface area (Å²) in [6.07, 6.45) is -1.59. The molecule has 0 aromatic heterocycles. The molecule has 0 saturated carbocycles. The molecular weight excluding hydrogens is 355 g/mol. The number of alkyl halides is 3. The SMILES string of the molecule is CC(=CC(=O)OCC1CCN(CC(F)(F)F)CC1)c1ccccc1Cl. The van der Waals surface area contributed by atoms with Crippen LogP contribution in [0, 0.1) is 5.92 Å². The zero-order valence-corrected chi connectivity index (χ0v) is 14.7. The normalized spacial score (nSPS) is 17.6. The summed E-state index contributed by atoms with van der Waals surface area (Å²) < 4.78 is 42.3. The van der Waals surface area contributed by atoms with Gasteiger partial charge >= 0.3 is 12.1 Å². The van der Waals surface area contributed by atoms with Gasteiger partial charge in [0.2, 0.25) is 0 Å². The van der Waals surface area contributed by atoms with Crippen LogP contribution in [0.25, 0.3) is 5.57 Å². The lowest BCUT2D eigenvalue weighted by atomic mass is 9.98. The van der Waals surface area contributed by atoms with Crippen LogP contribution in [0.5, 0.6) is 0 Å². The lowest BCUT2D eigenvalue weighted by molar-refractivity contribution is -0.149. The van der Waals surface area contributed by atoms with Crippen molar-refractivity contribution in [2.45, 2.75) is 25.9 Å². The quantitative estimate of drug-likeness (QED) is 0.558. The first kappa shape index (κ1) is 19.8. The Morgan fingerprint density at radius 2 is 1.96 bits per heavy atom. The second-order valence-corrected chi connectivity index (χ2v) is 6.68. The van der Waals surface area contributed by atoms with Crippen LogP contribution in [-0.4, -0.2) is 43.3 Å². The number of carbonyl (C=O) groups excluding carboxylic acids is 1. The molecule has 1 heterocycles. The number of benzene rings is 1. The molecule has 0 aliphatic carbocycles. The van der Waals surface area contributed by atoms with Gasteiger partial charge in [0.25, 0.3) is 0 Å². The number of halogens is 4. The van der Waals surface area contributed by atoms with Crippen LogP contribution in [-0.2, 0) is 9.53 Å². The first-order valence-electron chi connectivity index (χ1n) is 8.13. The van der Waals surface area contributed by atoms with Gasteiger partial charge in [0.1, 0.15) is 0 Å². The van der Waals surface area contributed by atoms with Gasteiger partial charge in [0.15, 0.2) is 0 Å². The average molecular weight is 376 g/mol. The largest absolute Gasteiger partial charge is 0.462 e. The molecule has 0 spiro atoms. The third-order valence-electron chi connectivity index (χ3n) is 4.20. The maximum Gasteiger partial charge on any atom is 0.401 e. The highest BCUT2D eigenvalue weighted by Gasteiger charge is 2.32. The van der Waals surface area contributed by atoms with Gasteiger partial charge in [-0.15, -0.1) is 0 Å². The molecule has 0 N–H and O–H groups in total. The predicted molar refractivity (Wildman–Crippen MR) is 91.3 cm³/mol. The van der Waals surface area contributed by atoms with Crippen LogP contribution >= 0.6 is 11.6 Å². The van der Waals surface area contributed by atoms with Gasteiger partial charge in [-0.05, 0) is 56.0 Å². The summed E-state index contributed by atoms with van der Waals surface area (Å²) in [5, 5.41) is 0.557. The molecular formula is C18H21ClF3NO2. The van der Waals surface area contributed by atoms with Crippen LogP contribution in [0.3, 0.4) is 0 Å². The van der Waals surface area contributed by atoms with E-state index in [0.29, 0.717) is 36.5 Å². The molecule has 1 aromatic carbocycles. The Bertz CT molecular complexity index is 623. The van der Waals surface area contributed by atoms with Gasteiger partial charge in [0, 0.05) is 11.1 Å². The van der Waals surface area contributed by atoms with E-state index in [0.717, 1.165) is 5.56 Å². The van der Waals surface area contributed by atoms with Crippen LogP contribution < -0.4 is 0 Å². The lowest BCUT2D eigenvalue weighted by Gasteiger charge is -2.31. The minimum absolute atomic E-state index is 0.0995. The molecule has 0 amide bonds. The molecule has 0 bridgehead atoms. The summed E-state index contributed by atoms with van der Waals surface area (Å²) in [6.45, 7) is 1.87. The number of esters is 1. The van der Waals surface area contributed by atoms with Crippen LogP contribution in [0.2, 0.25) is 5.02 Å². The van der Waals surface area contributed by atoms with Crippen molar-refractivity contribution in [3.05, 3.63) is 40.9 Å². The molecule has 1 aliphatic rings. The maximum absolute atomic E-state index is 12.4. The smallest absolute Gasteiger partial charge is 0.401 e. The number of allylic oxidation sites excluding steroid dienone is 1. The summed E-state index contributed by atoms with van der Waals surface area (Å²) in [5.74, 6) is -0.363. The van der Waals surface area contributed by atoms with Crippen molar-refractivity contribution in [3.63, 3.8) is 0 Å². The number of hydrogen-bond acceptors (Lipinski definition) is 3. The van der Waals surface area contributed by atoms with E-state index in [4.69, 9.17) is 16.3 Å². The minimum Gasteiger partial charge on any atom is -0.462 e. The second-order valence-electron chi connectivity index (χ2n) is 6.27. The van der Waals surface area contributed by atoms with Crippen molar-refractivity contribution in [2.75, 3.05) is 26.2 Å². The molecule has 1 fully saturated rings. The Balaban J connectivity index is 1.78. The Kier molecular flexibility index (Phi) is 6.90. The molecule has 1 saturated heterocycles. The van der Waals surface area contributed by atoms with Gasteiger partial charge in [0.05, 0.1) is 13.2 Å². The summed E-state index contributed by atoms with van der Waals surface area (Å²) in [6, 6.07) is 7.20. The Morgan fingerprint density at radius 3 is 2.56 bits per heavy atom. The molecule has 1 aromatic rings. The first-order valence-corrected chi connectivity index (χ1v) is 8.51. The molecule has 1 aliphatic heterocycles. The van der Waals surface area contributed by atoms with Crippen LogP contribution in [0.15, 0.2) is 30.3 Å². The fraction of sp³-hybridized carbons (Fsp3) is 0.500. The highest BCUT2D eigenvalue weighted by Crippen LogP contribution is 2.24. The third-order valence-corrected chi connectivity index (χ3v) is 4.53. The van der Waals surface area contributed by atoms with Gasteiger partial charge in [-0.3, -0.25) is 4.90 Å². The number of hydrogen-bond donors (Lipinski definition) is 0. The van der Waals surface area contributed by atoms with E-state index in [1.165, 1.54) is 11.0 Å². The zero-order valence-electron chi connectivity index (χ0n) is 14.0. The number of piperidine rings is 1. The highest BCUT2D eigenvalue weighted by atomic mass is 35.5. The van der Waals surface area contributed by atoms with Gasteiger partial charge in [-0.25, -0.2) is 4.79 Å². The van der Waals surface area contributed by atoms with Crippen molar-refractivity contribution < 1.29 is 22.7 Å². The Labute approximate surface area is 150 Å². The second kappa shape index (κ2) is 8.72. The molecule has 3 nitrogen and oxygen atoms in total. The molecule has 0 radical (unpaired) electrons. The summed E-state index contributed by atoms with van der Waals surface area (Å²) >= 11 is 6.08. The van der Waals surface area contributed by atoms with Gasteiger partial charge < -0.3 is 4.74 Å². The van der Waals surface area contributed by atoms with E-state index in [1.807, 2.05) is 18.2 Å². The summed E-state index contributed by atoms with van der Waals surface area (Å²) in [7, 11) is 0. The number of nitrogens with zero attached hydrogens (tertiary/aromatic N) is 1. The molecule has 0 unspecified atom stereocenters. The van der Waals surface area contributed by atoms with E-state index < -0.39 is 18.7 Å². The van der Waals surface area contributed by atoms with Crippen LogP contribution in [0.4, 0.5) is 13.2 Å². The number of ether oxygens (including phenoxy) is 1. The molecule has 138 valence electrons. The number of carbonyl (C=O) groups is 1. The fourth-order valence-electron chi connectivity index (χ4n) is 2.84. The Hall–Kier alpha value is -1.53. The van der Waals surface area contributed by atoms with Crippen LogP contribution in [0.1, 0.15) is 25.3 Å². The molecule has 0 atom stereocenters. The minimum atomic E-state index is -4.17. The topological polar surface area (TPSA) is 29.5 Å². The predicted octanol–water partition coefficient (Wildman–Crippen LogP) is 4.56. The molecule has 2 rings (SSSR count). The van der Waals surface area contributed by atoms with E-state index in [9.17, 15) is 18.0 Å². The van der Waals surface area contributed by atoms with Crippen molar-refractivity contribution in [1.82, 2.24) is 4.90 Å². The van der Waals surface area contributed by atoms with Crippen molar-refractivity contribution in [3.8, 4) is 0 Å². The van der Waals surface area contributed by atoms with E-state index >= 15 is 0 Å². The summed E-state index contributed by atoms with van der Waals surface area (Å²) in [5.41, 5.74) is 1.47. The van der Waals surface area contributed by atoms with E-state index in [-0.39, 0.29) is 12.5 Å². The Morgan fingerprint density at radius 1 is 1.32 bits per heavy atom. The first-order chi connectivity index (χ1) is 11.7.